The maximum atomic E-state index is 12.3. The predicted octanol–water partition coefficient (Wildman–Crippen LogP) is 3.63. The fraction of sp³-hybridized carbons (Fsp3) is 0.300. The van der Waals surface area contributed by atoms with Crippen molar-refractivity contribution < 1.29 is 19.0 Å². The van der Waals surface area contributed by atoms with Crippen molar-refractivity contribution in [2.75, 3.05) is 31.7 Å². The molecule has 0 spiro atoms. The zero-order valence-corrected chi connectivity index (χ0v) is 16.3. The van der Waals surface area contributed by atoms with Crippen molar-refractivity contribution in [3.63, 3.8) is 0 Å². The molecule has 0 radical (unpaired) electrons. The van der Waals surface area contributed by atoms with E-state index in [1.807, 2.05) is 38.1 Å². The number of thiocarbonyl (C=S) groups is 1. The normalized spacial score (nSPS) is 10.1. The molecule has 6 nitrogen and oxygen atoms in total. The Morgan fingerprint density at radius 1 is 0.963 bits per heavy atom. The Bertz CT molecular complexity index is 750. The summed E-state index contributed by atoms with van der Waals surface area (Å²) in [6, 6.07) is 14.2. The second kappa shape index (κ2) is 11.2. The van der Waals surface area contributed by atoms with Crippen LogP contribution in [0.25, 0.3) is 0 Å². The zero-order chi connectivity index (χ0) is 19.5. The molecule has 7 heteroatoms. The van der Waals surface area contributed by atoms with Crippen molar-refractivity contribution in [1.29, 1.82) is 0 Å². The molecule has 0 aliphatic rings. The lowest BCUT2D eigenvalue weighted by Crippen LogP contribution is -2.34. The van der Waals surface area contributed by atoms with Gasteiger partial charge < -0.3 is 19.5 Å². The van der Waals surface area contributed by atoms with E-state index in [1.165, 1.54) is 0 Å². The van der Waals surface area contributed by atoms with Crippen LogP contribution in [0, 0.1) is 0 Å². The molecule has 0 bridgehead atoms. The Balaban J connectivity index is 1.92. The highest BCUT2D eigenvalue weighted by Gasteiger charge is 2.10. The van der Waals surface area contributed by atoms with Crippen molar-refractivity contribution in [2.45, 2.75) is 13.8 Å². The van der Waals surface area contributed by atoms with Crippen LogP contribution in [0.2, 0.25) is 0 Å². The number of hydrogen-bond donors (Lipinski definition) is 2. The number of carbonyl (C=O) groups is 1. The summed E-state index contributed by atoms with van der Waals surface area (Å²) in [6.07, 6.45) is 0. The lowest BCUT2D eigenvalue weighted by Gasteiger charge is -2.14. The van der Waals surface area contributed by atoms with Crippen LogP contribution in [0.5, 0.6) is 11.5 Å². The Kier molecular flexibility index (Phi) is 8.54. The summed E-state index contributed by atoms with van der Waals surface area (Å²) in [4.78, 5) is 12.3. The number of amides is 1. The van der Waals surface area contributed by atoms with Crippen molar-refractivity contribution in [3.8, 4) is 11.5 Å². The van der Waals surface area contributed by atoms with Gasteiger partial charge in [-0.25, -0.2) is 0 Å². The van der Waals surface area contributed by atoms with E-state index in [-0.39, 0.29) is 11.0 Å². The van der Waals surface area contributed by atoms with Crippen molar-refractivity contribution in [1.82, 2.24) is 5.32 Å². The van der Waals surface area contributed by atoms with E-state index < -0.39 is 0 Å². The van der Waals surface area contributed by atoms with Crippen LogP contribution in [0.3, 0.4) is 0 Å². The number of hydrogen-bond acceptors (Lipinski definition) is 5. The Morgan fingerprint density at radius 3 is 2.41 bits per heavy atom. The summed E-state index contributed by atoms with van der Waals surface area (Å²) in [6.45, 7) is 5.99. The maximum absolute atomic E-state index is 12.3. The van der Waals surface area contributed by atoms with E-state index in [0.29, 0.717) is 49.2 Å². The van der Waals surface area contributed by atoms with Crippen molar-refractivity contribution >= 4 is 28.9 Å². The van der Waals surface area contributed by atoms with E-state index >= 15 is 0 Å². The quantitative estimate of drug-likeness (QED) is 0.505. The van der Waals surface area contributed by atoms with E-state index in [4.69, 9.17) is 26.4 Å². The standard InChI is InChI=1S/C20H24N2O4S/c1-3-24-13-14-26-18-8-6-5-7-17(18)21-20(27)22-19(23)15-9-11-16(12-10-15)25-4-2/h5-12H,3-4,13-14H2,1-2H3,(H2,21,22,23,27). The molecule has 0 aliphatic carbocycles. The molecule has 2 aromatic carbocycles. The molecule has 2 N–H and O–H groups in total. The largest absolute Gasteiger partial charge is 0.494 e. The zero-order valence-electron chi connectivity index (χ0n) is 15.5. The number of nitrogens with one attached hydrogen (secondary N) is 2. The minimum atomic E-state index is -0.301. The second-order valence-corrected chi connectivity index (χ2v) is 5.82. The second-order valence-electron chi connectivity index (χ2n) is 5.41. The van der Waals surface area contributed by atoms with Crippen LogP contribution in [0.4, 0.5) is 5.69 Å². The van der Waals surface area contributed by atoms with E-state index in [1.54, 1.807) is 24.3 Å². The van der Waals surface area contributed by atoms with Gasteiger partial charge in [0.15, 0.2) is 5.11 Å². The third-order valence-corrected chi connectivity index (χ3v) is 3.68. The van der Waals surface area contributed by atoms with Crippen molar-refractivity contribution in [2.24, 2.45) is 0 Å². The summed E-state index contributed by atoms with van der Waals surface area (Å²) < 4.78 is 16.3. The number of carbonyl (C=O) groups excluding carboxylic acids is 1. The number of benzene rings is 2. The molecular formula is C20H24N2O4S. The third-order valence-electron chi connectivity index (χ3n) is 3.48. The molecule has 2 rings (SSSR count). The molecule has 144 valence electrons. The summed E-state index contributed by atoms with van der Waals surface area (Å²) in [5, 5.41) is 5.84. The van der Waals surface area contributed by atoms with Crippen LogP contribution in [-0.2, 0) is 4.74 Å². The van der Waals surface area contributed by atoms with Crippen LogP contribution < -0.4 is 20.1 Å². The SMILES string of the molecule is CCOCCOc1ccccc1NC(=S)NC(=O)c1ccc(OCC)cc1. The van der Waals surface area contributed by atoms with Gasteiger partial charge in [0.25, 0.3) is 5.91 Å². The van der Waals surface area contributed by atoms with Crippen LogP contribution in [0.1, 0.15) is 24.2 Å². The minimum absolute atomic E-state index is 0.190. The third kappa shape index (κ3) is 6.88. The molecule has 0 unspecified atom stereocenters. The fourth-order valence-corrected chi connectivity index (χ4v) is 2.45. The van der Waals surface area contributed by atoms with E-state index in [9.17, 15) is 4.79 Å². The minimum Gasteiger partial charge on any atom is -0.494 e. The Morgan fingerprint density at radius 2 is 1.70 bits per heavy atom. The van der Waals surface area contributed by atoms with Gasteiger partial charge in [0, 0.05) is 12.2 Å². The van der Waals surface area contributed by atoms with Gasteiger partial charge in [-0.3, -0.25) is 10.1 Å². The lowest BCUT2D eigenvalue weighted by atomic mass is 10.2. The molecule has 27 heavy (non-hydrogen) atoms. The van der Waals surface area contributed by atoms with Crippen LogP contribution >= 0.6 is 12.2 Å². The number of anilines is 1. The average molecular weight is 388 g/mol. The van der Waals surface area contributed by atoms with Gasteiger partial charge in [-0.2, -0.15) is 0 Å². The van der Waals surface area contributed by atoms with Gasteiger partial charge in [0.2, 0.25) is 0 Å². The van der Waals surface area contributed by atoms with Gasteiger partial charge in [-0.1, -0.05) is 12.1 Å². The molecule has 0 atom stereocenters. The molecular weight excluding hydrogens is 364 g/mol. The summed E-state index contributed by atoms with van der Waals surface area (Å²) in [5.41, 5.74) is 1.16. The van der Waals surface area contributed by atoms with Gasteiger partial charge in [-0.15, -0.1) is 0 Å². The van der Waals surface area contributed by atoms with Gasteiger partial charge in [-0.05, 0) is 62.5 Å². The van der Waals surface area contributed by atoms with Gasteiger partial charge in [0.05, 0.1) is 18.9 Å². The molecule has 0 aromatic heterocycles. The molecule has 0 saturated carbocycles. The number of para-hydroxylation sites is 2. The topological polar surface area (TPSA) is 68.8 Å². The summed E-state index contributed by atoms with van der Waals surface area (Å²) in [7, 11) is 0. The highest BCUT2D eigenvalue weighted by molar-refractivity contribution is 7.80. The van der Waals surface area contributed by atoms with Crippen LogP contribution in [0.15, 0.2) is 48.5 Å². The first kappa shape index (κ1) is 20.7. The molecule has 2 aromatic rings. The Hall–Kier alpha value is -2.64. The molecule has 0 aliphatic heterocycles. The molecule has 1 amide bonds. The Labute approximate surface area is 164 Å². The monoisotopic (exact) mass is 388 g/mol. The first-order valence-corrected chi connectivity index (χ1v) is 9.19. The average Bonchev–Trinajstić information content (AvgIpc) is 2.67. The fourth-order valence-electron chi connectivity index (χ4n) is 2.25. The highest BCUT2D eigenvalue weighted by atomic mass is 32.1. The number of rotatable bonds is 9. The lowest BCUT2D eigenvalue weighted by molar-refractivity contribution is 0.0977. The van der Waals surface area contributed by atoms with Gasteiger partial charge >= 0.3 is 0 Å². The predicted molar refractivity (Wildman–Crippen MR) is 110 cm³/mol. The highest BCUT2D eigenvalue weighted by Crippen LogP contribution is 2.23. The molecule has 0 saturated heterocycles. The van der Waals surface area contributed by atoms with Crippen LogP contribution in [-0.4, -0.2) is 37.4 Å². The van der Waals surface area contributed by atoms with E-state index in [2.05, 4.69) is 10.6 Å². The maximum Gasteiger partial charge on any atom is 0.257 e. The summed E-state index contributed by atoms with van der Waals surface area (Å²) >= 11 is 5.25. The summed E-state index contributed by atoms with van der Waals surface area (Å²) in [5.74, 6) is 1.05. The molecule has 0 heterocycles. The first-order valence-electron chi connectivity index (χ1n) is 8.78. The molecule has 0 fully saturated rings. The van der Waals surface area contributed by atoms with Crippen molar-refractivity contribution in [3.05, 3.63) is 54.1 Å². The first-order chi connectivity index (χ1) is 13.1. The number of ether oxygens (including phenoxy) is 3. The van der Waals surface area contributed by atoms with Gasteiger partial charge in [0.1, 0.15) is 18.1 Å². The van der Waals surface area contributed by atoms with E-state index in [0.717, 1.165) is 0 Å². The smallest absolute Gasteiger partial charge is 0.257 e.